The molecule has 0 aromatic carbocycles. The molecule has 0 fully saturated rings. The molecule has 19 heavy (non-hydrogen) atoms. The summed E-state index contributed by atoms with van der Waals surface area (Å²) >= 11 is 0. The first-order chi connectivity index (χ1) is 8.81. The molecule has 108 valence electrons. The van der Waals surface area contributed by atoms with E-state index < -0.39 is 0 Å². The molecule has 0 bridgehead atoms. The van der Waals surface area contributed by atoms with Crippen LogP contribution in [0.1, 0.15) is 39.0 Å². The monoisotopic (exact) mass is 266 g/mol. The zero-order valence-electron chi connectivity index (χ0n) is 12.9. The predicted molar refractivity (Wildman–Crippen MR) is 78.3 cm³/mol. The summed E-state index contributed by atoms with van der Waals surface area (Å²) in [4.78, 5) is 8.79. The highest BCUT2D eigenvalue weighted by molar-refractivity contribution is 5.29. The molecule has 0 aliphatic carbocycles. The normalized spacial score (nSPS) is 13.4. The van der Waals surface area contributed by atoms with Gasteiger partial charge in [0.25, 0.3) is 0 Å². The lowest BCUT2D eigenvalue weighted by Crippen LogP contribution is -2.35. The largest absolute Gasteiger partial charge is 0.380 e. The summed E-state index contributed by atoms with van der Waals surface area (Å²) in [5.74, 6) is 0.654. The van der Waals surface area contributed by atoms with Crippen molar-refractivity contribution >= 4 is 5.95 Å². The van der Waals surface area contributed by atoms with Gasteiger partial charge in [0, 0.05) is 43.2 Å². The number of hydrogen-bond donors (Lipinski definition) is 2. The van der Waals surface area contributed by atoms with E-state index in [0.29, 0.717) is 12.5 Å². The average molecular weight is 266 g/mol. The van der Waals surface area contributed by atoms with E-state index in [0.717, 1.165) is 17.8 Å². The van der Waals surface area contributed by atoms with Crippen molar-refractivity contribution in [3.05, 3.63) is 17.5 Å². The molecule has 1 aromatic rings. The van der Waals surface area contributed by atoms with Gasteiger partial charge in [-0.25, -0.2) is 9.97 Å². The van der Waals surface area contributed by atoms with Crippen LogP contribution in [-0.4, -0.2) is 35.3 Å². The molecular weight excluding hydrogens is 240 g/mol. The van der Waals surface area contributed by atoms with Gasteiger partial charge in [0.05, 0.1) is 6.10 Å². The van der Waals surface area contributed by atoms with Crippen LogP contribution in [0.15, 0.2) is 6.20 Å². The third-order valence-electron chi connectivity index (χ3n) is 2.84. The first-order valence-corrected chi connectivity index (χ1v) is 6.66. The summed E-state index contributed by atoms with van der Waals surface area (Å²) in [7, 11) is 1.69. The molecule has 0 saturated carbocycles. The van der Waals surface area contributed by atoms with Gasteiger partial charge >= 0.3 is 0 Å². The second-order valence-electron chi connectivity index (χ2n) is 5.84. The van der Waals surface area contributed by atoms with Crippen LogP contribution in [0.4, 0.5) is 5.95 Å². The fourth-order valence-corrected chi connectivity index (χ4v) is 1.43. The Morgan fingerprint density at radius 1 is 1.37 bits per heavy atom. The quantitative estimate of drug-likeness (QED) is 0.826. The van der Waals surface area contributed by atoms with Crippen molar-refractivity contribution in [3.8, 4) is 0 Å². The molecule has 5 nitrogen and oxygen atoms in total. The molecule has 1 heterocycles. The van der Waals surface area contributed by atoms with Gasteiger partial charge in [0.2, 0.25) is 5.95 Å². The molecule has 0 aliphatic rings. The number of aromatic nitrogens is 2. The maximum Gasteiger partial charge on any atom is 0.222 e. The summed E-state index contributed by atoms with van der Waals surface area (Å²) < 4.78 is 5.17. The van der Waals surface area contributed by atoms with E-state index in [4.69, 9.17) is 4.74 Å². The average Bonchev–Trinajstić information content (AvgIpc) is 2.33. The second kappa shape index (κ2) is 6.82. The first kappa shape index (κ1) is 15.9. The van der Waals surface area contributed by atoms with Crippen LogP contribution in [-0.2, 0) is 11.3 Å². The lowest BCUT2D eigenvalue weighted by molar-refractivity contribution is 0.128. The Hall–Kier alpha value is -1.20. The van der Waals surface area contributed by atoms with Crippen LogP contribution in [0.5, 0.6) is 0 Å². The van der Waals surface area contributed by atoms with Crippen molar-refractivity contribution in [2.75, 3.05) is 19.0 Å². The minimum Gasteiger partial charge on any atom is -0.380 e. The number of nitrogens with one attached hydrogen (secondary N) is 2. The Labute approximate surface area is 116 Å². The minimum absolute atomic E-state index is 0.0945. The van der Waals surface area contributed by atoms with E-state index >= 15 is 0 Å². The molecule has 5 heteroatoms. The Bertz CT molecular complexity index is 401. The van der Waals surface area contributed by atoms with Crippen LogP contribution in [0, 0.1) is 6.92 Å². The molecule has 1 unspecified atom stereocenters. The van der Waals surface area contributed by atoms with Crippen molar-refractivity contribution < 1.29 is 4.74 Å². The van der Waals surface area contributed by atoms with Crippen LogP contribution < -0.4 is 10.6 Å². The molecule has 2 N–H and O–H groups in total. The fraction of sp³-hybridized carbons (Fsp3) is 0.714. The van der Waals surface area contributed by atoms with E-state index in [9.17, 15) is 0 Å². The number of aryl methyl sites for hydroxylation is 1. The molecule has 0 saturated heterocycles. The molecule has 1 aromatic heterocycles. The summed E-state index contributed by atoms with van der Waals surface area (Å²) in [5.41, 5.74) is 2.22. The molecule has 0 spiro atoms. The van der Waals surface area contributed by atoms with E-state index in [1.165, 1.54) is 0 Å². The van der Waals surface area contributed by atoms with Crippen molar-refractivity contribution in [2.45, 2.75) is 52.8 Å². The van der Waals surface area contributed by atoms with Gasteiger partial charge in [-0.2, -0.15) is 0 Å². The van der Waals surface area contributed by atoms with Gasteiger partial charge in [-0.05, 0) is 34.6 Å². The van der Waals surface area contributed by atoms with Crippen LogP contribution in [0.25, 0.3) is 0 Å². The number of methoxy groups -OCH3 is 1. The van der Waals surface area contributed by atoms with Crippen LogP contribution in [0.3, 0.4) is 0 Å². The van der Waals surface area contributed by atoms with Crippen LogP contribution in [0.2, 0.25) is 0 Å². The Balaban J connectivity index is 2.59. The molecule has 1 rings (SSSR count). The Morgan fingerprint density at radius 2 is 2.05 bits per heavy atom. The second-order valence-corrected chi connectivity index (χ2v) is 5.84. The van der Waals surface area contributed by atoms with Crippen molar-refractivity contribution in [1.82, 2.24) is 15.3 Å². The van der Waals surface area contributed by atoms with Gasteiger partial charge in [-0.3, -0.25) is 0 Å². The highest BCUT2D eigenvalue weighted by Crippen LogP contribution is 2.09. The van der Waals surface area contributed by atoms with E-state index in [1.54, 1.807) is 7.11 Å². The maximum atomic E-state index is 5.17. The maximum absolute atomic E-state index is 5.17. The summed E-state index contributed by atoms with van der Waals surface area (Å²) in [6, 6.07) is 0. The van der Waals surface area contributed by atoms with Crippen molar-refractivity contribution in [2.24, 2.45) is 0 Å². The SMILES string of the molecule is COC(C)CNc1ncc(CNC(C)(C)C)c(C)n1. The lowest BCUT2D eigenvalue weighted by Gasteiger charge is -2.21. The zero-order valence-corrected chi connectivity index (χ0v) is 12.9. The summed E-state index contributed by atoms with van der Waals surface area (Å²) in [5, 5.41) is 6.61. The third-order valence-corrected chi connectivity index (χ3v) is 2.84. The fourth-order valence-electron chi connectivity index (χ4n) is 1.43. The van der Waals surface area contributed by atoms with E-state index in [2.05, 4.69) is 41.4 Å². The molecule has 1 atom stereocenters. The van der Waals surface area contributed by atoms with Gasteiger partial charge in [-0.15, -0.1) is 0 Å². The Morgan fingerprint density at radius 3 is 2.58 bits per heavy atom. The van der Waals surface area contributed by atoms with Gasteiger partial charge in [0.15, 0.2) is 0 Å². The third kappa shape index (κ3) is 5.98. The Kier molecular flexibility index (Phi) is 5.69. The standard InChI is InChI=1S/C14H26N4O/c1-10(19-6)7-15-13-16-8-12(11(2)18-13)9-17-14(3,4)5/h8,10,17H,7,9H2,1-6H3,(H,15,16,18). The number of rotatable bonds is 6. The highest BCUT2D eigenvalue weighted by atomic mass is 16.5. The van der Waals surface area contributed by atoms with Crippen LogP contribution >= 0.6 is 0 Å². The zero-order chi connectivity index (χ0) is 14.5. The summed E-state index contributed by atoms with van der Waals surface area (Å²) in [6.45, 7) is 11.9. The molecular formula is C14H26N4O. The smallest absolute Gasteiger partial charge is 0.222 e. The minimum atomic E-state index is 0.0945. The van der Waals surface area contributed by atoms with E-state index in [1.807, 2.05) is 20.0 Å². The first-order valence-electron chi connectivity index (χ1n) is 6.66. The van der Waals surface area contributed by atoms with Gasteiger partial charge < -0.3 is 15.4 Å². The van der Waals surface area contributed by atoms with Gasteiger partial charge in [-0.1, -0.05) is 0 Å². The van der Waals surface area contributed by atoms with Crippen molar-refractivity contribution in [3.63, 3.8) is 0 Å². The van der Waals surface area contributed by atoms with Crippen molar-refractivity contribution in [1.29, 1.82) is 0 Å². The topological polar surface area (TPSA) is 59.1 Å². The number of hydrogen-bond acceptors (Lipinski definition) is 5. The lowest BCUT2D eigenvalue weighted by atomic mass is 10.1. The number of anilines is 1. The number of nitrogens with zero attached hydrogens (tertiary/aromatic N) is 2. The van der Waals surface area contributed by atoms with E-state index in [-0.39, 0.29) is 11.6 Å². The van der Waals surface area contributed by atoms with Gasteiger partial charge in [0.1, 0.15) is 0 Å². The molecule has 0 radical (unpaired) electrons. The number of ether oxygens (including phenoxy) is 1. The highest BCUT2D eigenvalue weighted by Gasteiger charge is 2.10. The predicted octanol–water partition coefficient (Wildman–Crippen LogP) is 2.12. The molecule has 0 aliphatic heterocycles. The molecule has 0 amide bonds. The summed E-state index contributed by atoms with van der Waals surface area (Å²) in [6.07, 6.45) is 2.02.